The molecule has 0 aliphatic carbocycles. The van der Waals surface area contributed by atoms with Crippen molar-refractivity contribution in [3.05, 3.63) is 109 Å². The number of esters is 2. The quantitative estimate of drug-likeness (QED) is 0.101. The molecule has 6 nitrogen and oxygen atoms in total. The predicted octanol–water partition coefficient (Wildman–Crippen LogP) is 7.89. The molecule has 206 valence electrons. The molecule has 3 aromatic carbocycles. The molecule has 6 heteroatoms. The van der Waals surface area contributed by atoms with Gasteiger partial charge in [-0.2, -0.15) is 0 Å². The van der Waals surface area contributed by atoms with Crippen LogP contribution >= 0.6 is 0 Å². The van der Waals surface area contributed by atoms with Crippen molar-refractivity contribution in [2.24, 2.45) is 0 Å². The lowest BCUT2D eigenvalue weighted by Crippen LogP contribution is -2.08. The molecule has 0 spiro atoms. The highest BCUT2D eigenvalue weighted by Crippen LogP contribution is 2.42. The van der Waals surface area contributed by atoms with Gasteiger partial charge in [-0.25, -0.2) is 9.59 Å². The van der Waals surface area contributed by atoms with E-state index in [1.807, 2.05) is 50.2 Å². The van der Waals surface area contributed by atoms with Crippen molar-refractivity contribution >= 4 is 11.9 Å². The summed E-state index contributed by atoms with van der Waals surface area (Å²) in [7, 11) is 0. The molecule has 0 radical (unpaired) electrons. The van der Waals surface area contributed by atoms with E-state index in [1.165, 1.54) is 0 Å². The van der Waals surface area contributed by atoms with Gasteiger partial charge in [0.05, 0.1) is 0 Å². The number of ether oxygens (including phenoxy) is 4. The van der Waals surface area contributed by atoms with Crippen LogP contribution in [0.5, 0.6) is 23.0 Å². The van der Waals surface area contributed by atoms with Crippen LogP contribution in [0, 0.1) is 0 Å². The van der Waals surface area contributed by atoms with Crippen LogP contribution < -0.4 is 18.9 Å². The van der Waals surface area contributed by atoms with Gasteiger partial charge in [0.1, 0.15) is 36.2 Å². The van der Waals surface area contributed by atoms with Crippen molar-refractivity contribution < 1.29 is 28.5 Å². The van der Waals surface area contributed by atoms with Crippen molar-refractivity contribution in [1.29, 1.82) is 0 Å². The van der Waals surface area contributed by atoms with Crippen LogP contribution in [0.1, 0.15) is 27.7 Å². The standard InChI is InChI=1S/C34H34O6/c1-21(2)19-37-31-17-30(26-11-15-28(16-12-26)40-34(36)24(7)8)32(38-20-22(3)4)18-29(31)25-9-13-27(14-10-25)39-33(35)23(5)6/h9-18H,1,3,5,7,19-20H2,2,4,6,8H3. The monoisotopic (exact) mass is 538 g/mol. The molecule has 0 aliphatic rings. The Balaban J connectivity index is 2.08. The van der Waals surface area contributed by atoms with E-state index in [0.717, 1.165) is 33.4 Å². The lowest BCUT2D eigenvalue weighted by Gasteiger charge is -2.19. The molecule has 0 fully saturated rings. The lowest BCUT2D eigenvalue weighted by molar-refractivity contribution is -0.130. The fourth-order valence-corrected chi connectivity index (χ4v) is 3.45. The van der Waals surface area contributed by atoms with Crippen LogP contribution in [0.4, 0.5) is 0 Å². The van der Waals surface area contributed by atoms with Gasteiger partial charge in [0, 0.05) is 22.3 Å². The Kier molecular flexibility index (Phi) is 9.87. The van der Waals surface area contributed by atoms with Gasteiger partial charge < -0.3 is 18.9 Å². The minimum atomic E-state index is -0.488. The van der Waals surface area contributed by atoms with Gasteiger partial charge in [-0.15, -0.1) is 0 Å². The zero-order valence-electron chi connectivity index (χ0n) is 23.5. The van der Waals surface area contributed by atoms with Gasteiger partial charge in [-0.3, -0.25) is 0 Å². The molecule has 0 saturated carbocycles. The van der Waals surface area contributed by atoms with Crippen molar-refractivity contribution in [3.8, 4) is 45.3 Å². The summed E-state index contributed by atoms with van der Waals surface area (Å²) in [5.41, 5.74) is 5.59. The van der Waals surface area contributed by atoms with Crippen molar-refractivity contribution in [2.45, 2.75) is 27.7 Å². The Bertz CT molecular complexity index is 1350. The smallest absolute Gasteiger partial charge is 0.338 e. The normalized spacial score (nSPS) is 10.3. The molecular formula is C34H34O6. The number of carbonyl (C=O) groups excluding carboxylic acids is 2. The summed E-state index contributed by atoms with van der Waals surface area (Å²) in [6, 6.07) is 18.1. The Labute approximate surface area is 235 Å². The molecule has 0 aromatic heterocycles. The predicted molar refractivity (Wildman–Crippen MR) is 159 cm³/mol. The average molecular weight is 539 g/mol. The Morgan fingerprint density at radius 3 is 1.18 bits per heavy atom. The van der Waals surface area contributed by atoms with Crippen LogP contribution in [0.25, 0.3) is 22.3 Å². The summed E-state index contributed by atoms with van der Waals surface area (Å²) in [5.74, 6) is 1.07. The second-order valence-electron chi connectivity index (χ2n) is 9.72. The summed E-state index contributed by atoms with van der Waals surface area (Å²) in [6.07, 6.45) is 0. The molecule has 40 heavy (non-hydrogen) atoms. The summed E-state index contributed by atoms with van der Waals surface area (Å²) < 4.78 is 23.0. The van der Waals surface area contributed by atoms with E-state index >= 15 is 0 Å². The highest BCUT2D eigenvalue weighted by molar-refractivity contribution is 5.89. The highest BCUT2D eigenvalue weighted by atomic mass is 16.5. The third-order valence-corrected chi connectivity index (χ3v) is 5.48. The Hall–Kier alpha value is -4.84. The molecule has 0 amide bonds. The number of hydrogen-bond acceptors (Lipinski definition) is 6. The second kappa shape index (κ2) is 13.3. The van der Waals surface area contributed by atoms with E-state index in [-0.39, 0.29) is 0 Å². The third kappa shape index (κ3) is 8.08. The molecule has 0 atom stereocenters. The maximum atomic E-state index is 11.9. The summed E-state index contributed by atoms with van der Waals surface area (Å²) >= 11 is 0. The van der Waals surface area contributed by atoms with Gasteiger partial charge >= 0.3 is 11.9 Å². The summed E-state index contributed by atoms with van der Waals surface area (Å²) in [4.78, 5) is 23.8. The molecular weight excluding hydrogens is 504 g/mol. The van der Waals surface area contributed by atoms with E-state index < -0.39 is 11.9 Å². The largest absolute Gasteiger partial charge is 0.489 e. The fourth-order valence-electron chi connectivity index (χ4n) is 3.45. The first kappa shape index (κ1) is 29.7. The molecule has 3 rings (SSSR count). The van der Waals surface area contributed by atoms with Crippen molar-refractivity contribution in [2.75, 3.05) is 13.2 Å². The zero-order chi connectivity index (χ0) is 29.4. The maximum Gasteiger partial charge on any atom is 0.338 e. The minimum Gasteiger partial charge on any atom is -0.489 e. The van der Waals surface area contributed by atoms with E-state index in [2.05, 4.69) is 26.3 Å². The number of benzene rings is 3. The number of carbonyl (C=O) groups is 2. The van der Waals surface area contributed by atoms with Crippen LogP contribution in [-0.2, 0) is 9.59 Å². The summed E-state index contributed by atoms with van der Waals surface area (Å²) in [6.45, 7) is 22.8. The van der Waals surface area contributed by atoms with Gasteiger partial charge in [-0.1, -0.05) is 50.6 Å². The average Bonchev–Trinajstić information content (AvgIpc) is 2.91. The molecule has 0 heterocycles. The fraction of sp³-hybridized carbons (Fsp3) is 0.176. The van der Waals surface area contributed by atoms with Gasteiger partial charge in [0.25, 0.3) is 0 Å². The third-order valence-electron chi connectivity index (χ3n) is 5.48. The molecule has 0 aliphatic heterocycles. The molecule has 0 bridgehead atoms. The topological polar surface area (TPSA) is 71.1 Å². The van der Waals surface area contributed by atoms with Gasteiger partial charge in [-0.05, 0) is 86.4 Å². The Morgan fingerprint density at radius 1 is 0.575 bits per heavy atom. The van der Waals surface area contributed by atoms with E-state index in [0.29, 0.717) is 47.4 Å². The minimum absolute atomic E-state index is 0.316. The van der Waals surface area contributed by atoms with Gasteiger partial charge in [0.15, 0.2) is 0 Å². The van der Waals surface area contributed by atoms with Gasteiger partial charge in [0.2, 0.25) is 0 Å². The molecule has 0 saturated heterocycles. The van der Waals surface area contributed by atoms with E-state index in [4.69, 9.17) is 18.9 Å². The summed E-state index contributed by atoms with van der Waals surface area (Å²) in [5, 5.41) is 0. The van der Waals surface area contributed by atoms with E-state index in [1.54, 1.807) is 38.1 Å². The lowest BCUT2D eigenvalue weighted by atomic mass is 9.97. The van der Waals surface area contributed by atoms with Crippen LogP contribution in [0.3, 0.4) is 0 Å². The zero-order valence-corrected chi connectivity index (χ0v) is 23.5. The highest BCUT2D eigenvalue weighted by Gasteiger charge is 2.17. The first-order chi connectivity index (χ1) is 18.9. The maximum absolute atomic E-state index is 11.9. The molecule has 0 N–H and O–H groups in total. The van der Waals surface area contributed by atoms with Crippen molar-refractivity contribution in [3.63, 3.8) is 0 Å². The number of hydrogen-bond donors (Lipinski definition) is 0. The second-order valence-corrected chi connectivity index (χ2v) is 9.72. The number of rotatable bonds is 12. The van der Waals surface area contributed by atoms with Crippen LogP contribution in [0.2, 0.25) is 0 Å². The molecule has 3 aromatic rings. The SMILES string of the molecule is C=C(C)COc1cc(-c2ccc(OC(=O)C(=C)C)cc2)c(OCC(=C)C)cc1-c1ccc(OC(=O)C(=C)C)cc1. The van der Waals surface area contributed by atoms with E-state index in [9.17, 15) is 9.59 Å². The van der Waals surface area contributed by atoms with Crippen LogP contribution in [0.15, 0.2) is 109 Å². The Morgan fingerprint density at radius 2 is 0.900 bits per heavy atom. The first-order valence-electron chi connectivity index (χ1n) is 12.6. The first-order valence-corrected chi connectivity index (χ1v) is 12.6. The van der Waals surface area contributed by atoms with Crippen LogP contribution in [-0.4, -0.2) is 25.2 Å². The molecule has 0 unspecified atom stereocenters. The van der Waals surface area contributed by atoms with Crippen molar-refractivity contribution in [1.82, 2.24) is 0 Å².